The summed E-state index contributed by atoms with van der Waals surface area (Å²) in [5.74, 6) is 1.07. The molecule has 4 rings (SSSR count). The lowest BCUT2D eigenvalue weighted by atomic mass is 10.2. The molecule has 2 heterocycles. The molecule has 0 radical (unpaired) electrons. The van der Waals surface area contributed by atoms with Gasteiger partial charge in [-0.15, -0.1) is 0 Å². The fraction of sp³-hybridized carbons (Fsp3) is 0.0588. The van der Waals surface area contributed by atoms with Crippen LogP contribution in [0.5, 0.6) is 11.5 Å². The van der Waals surface area contributed by atoms with E-state index in [4.69, 9.17) is 14.2 Å². The molecule has 0 saturated heterocycles. The largest absolute Gasteiger partial charge is 0.454 e. The average Bonchev–Trinajstić information content (AvgIpc) is 3.14. The minimum Gasteiger partial charge on any atom is -0.454 e. The van der Waals surface area contributed by atoms with Crippen LogP contribution in [0.15, 0.2) is 57.6 Å². The minimum absolute atomic E-state index is 0.194. The third-order valence-corrected chi connectivity index (χ3v) is 3.89. The third kappa shape index (κ3) is 2.73. The van der Waals surface area contributed by atoms with E-state index in [-0.39, 0.29) is 18.4 Å². The molecule has 0 fully saturated rings. The molecule has 2 aliphatic heterocycles. The van der Waals surface area contributed by atoms with Gasteiger partial charge in [0.15, 0.2) is 17.2 Å². The van der Waals surface area contributed by atoms with E-state index in [0.717, 1.165) is 10.0 Å². The van der Waals surface area contributed by atoms with Gasteiger partial charge in [0, 0.05) is 10.0 Å². The summed E-state index contributed by atoms with van der Waals surface area (Å²) in [7, 11) is 0. The number of benzene rings is 2. The lowest BCUT2D eigenvalue weighted by Gasteiger charge is -2.01. The molecule has 23 heavy (non-hydrogen) atoms. The maximum Gasteiger partial charge on any atom is 0.363 e. The second-order valence-electron chi connectivity index (χ2n) is 4.96. The normalized spacial score (nSPS) is 17.3. The topological polar surface area (TPSA) is 57.1 Å². The van der Waals surface area contributed by atoms with Crippen LogP contribution in [0.2, 0.25) is 0 Å². The van der Waals surface area contributed by atoms with Crippen molar-refractivity contribution < 1.29 is 19.0 Å². The van der Waals surface area contributed by atoms with E-state index < -0.39 is 5.97 Å². The zero-order valence-electron chi connectivity index (χ0n) is 11.8. The lowest BCUT2D eigenvalue weighted by molar-refractivity contribution is -0.129. The van der Waals surface area contributed by atoms with Crippen molar-refractivity contribution in [3.05, 3.63) is 63.8 Å². The summed E-state index contributed by atoms with van der Waals surface area (Å²) in [4.78, 5) is 16.3. The molecule has 0 N–H and O–H groups in total. The van der Waals surface area contributed by atoms with E-state index in [1.807, 2.05) is 24.3 Å². The first kappa shape index (κ1) is 14.0. The van der Waals surface area contributed by atoms with Gasteiger partial charge in [-0.3, -0.25) is 0 Å². The van der Waals surface area contributed by atoms with Gasteiger partial charge in [-0.05, 0) is 42.0 Å². The molecule has 0 unspecified atom stereocenters. The number of halogens is 1. The van der Waals surface area contributed by atoms with Crippen molar-refractivity contribution in [2.75, 3.05) is 6.79 Å². The predicted octanol–water partition coefficient (Wildman–Crippen LogP) is 3.52. The maximum absolute atomic E-state index is 12.0. The van der Waals surface area contributed by atoms with E-state index in [2.05, 4.69) is 20.9 Å². The van der Waals surface area contributed by atoms with Crippen LogP contribution >= 0.6 is 15.9 Å². The van der Waals surface area contributed by atoms with Crippen molar-refractivity contribution in [1.82, 2.24) is 0 Å². The molecule has 0 bridgehead atoms. The summed E-state index contributed by atoms with van der Waals surface area (Å²) < 4.78 is 16.8. The summed E-state index contributed by atoms with van der Waals surface area (Å²) >= 11 is 3.40. The molecular weight excluding hydrogens is 362 g/mol. The van der Waals surface area contributed by atoms with Crippen LogP contribution in [-0.4, -0.2) is 18.7 Å². The van der Waals surface area contributed by atoms with Gasteiger partial charge in [0.2, 0.25) is 12.7 Å². The lowest BCUT2D eigenvalue weighted by Crippen LogP contribution is -2.05. The van der Waals surface area contributed by atoms with E-state index >= 15 is 0 Å². The van der Waals surface area contributed by atoms with Crippen LogP contribution in [0.25, 0.3) is 6.08 Å². The van der Waals surface area contributed by atoms with Crippen LogP contribution in [0.4, 0.5) is 0 Å². The molecule has 0 amide bonds. The minimum atomic E-state index is -0.474. The van der Waals surface area contributed by atoms with Crippen molar-refractivity contribution in [1.29, 1.82) is 0 Å². The molecule has 0 atom stereocenters. The number of hydrogen-bond acceptors (Lipinski definition) is 5. The SMILES string of the molecule is O=C1OC(c2ccc3c(c2)OCO3)=NC1=Cc1cccc(Br)c1. The standard InChI is InChI=1S/C17H10BrNO4/c18-12-3-1-2-10(6-12)7-13-17(20)23-16(19-13)11-4-5-14-15(8-11)22-9-21-14/h1-8H,9H2. The van der Waals surface area contributed by atoms with Crippen LogP contribution in [0, 0.1) is 0 Å². The van der Waals surface area contributed by atoms with Crippen LogP contribution in [0.1, 0.15) is 11.1 Å². The zero-order valence-corrected chi connectivity index (χ0v) is 13.4. The molecule has 2 aromatic carbocycles. The fourth-order valence-corrected chi connectivity index (χ4v) is 2.73. The number of nitrogens with zero attached hydrogens (tertiary/aromatic N) is 1. The van der Waals surface area contributed by atoms with E-state index in [0.29, 0.717) is 17.1 Å². The Bertz CT molecular complexity index is 873. The molecular formula is C17H10BrNO4. The first-order valence-electron chi connectivity index (χ1n) is 6.87. The highest BCUT2D eigenvalue weighted by Gasteiger charge is 2.25. The highest BCUT2D eigenvalue weighted by molar-refractivity contribution is 9.10. The number of cyclic esters (lactones) is 1. The van der Waals surface area contributed by atoms with Gasteiger partial charge >= 0.3 is 5.97 Å². The quantitative estimate of drug-likeness (QED) is 0.598. The first-order chi connectivity index (χ1) is 11.2. The molecule has 0 spiro atoms. The van der Waals surface area contributed by atoms with Crippen LogP contribution in [0.3, 0.4) is 0 Å². The Morgan fingerprint density at radius 3 is 2.83 bits per heavy atom. The van der Waals surface area contributed by atoms with Gasteiger partial charge in [-0.1, -0.05) is 28.1 Å². The van der Waals surface area contributed by atoms with Crippen molar-refractivity contribution in [3.8, 4) is 11.5 Å². The number of carbonyl (C=O) groups excluding carboxylic acids is 1. The highest BCUT2D eigenvalue weighted by Crippen LogP contribution is 2.33. The second-order valence-corrected chi connectivity index (χ2v) is 5.87. The number of fused-ring (bicyclic) bond motifs is 1. The Labute approximate surface area is 140 Å². The third-order valence-electron chi connectivity index (χ3n) is 3.39. The van der Waals surface area contributed by atoms with E-state index in [1.165, 1.54) is 0 Å². The van der Waals surface area contributed by atoms with Crippen molar-refractivity contribution in [3.63, 3.8) is 0 Å². The van der Waals surface area contributed by atoms with Gasteiger partial charge in [0.25, 0.3) is 0 Å². The number of carbonyl (C=O) groups is 1. The molecule has 0 saturated carbocycles. The summed E-state index contributed by atoms with van der Waals surface area (Å²) in [6, 6.07) is 12.9. The Morgan fingerprint density at radius 2 is 1.96 bits per heavy atom. The summed E-state index contributed by atoms with van der Waals surface area (Å²) in [5, 5.41) is 0. The average molecular weight is 372 g/mol. The fourth-order valence-electron chi connectivity index (χ4n) is 2.32. The van der Waals surface area contributed by atoms with Crippen molar-refractivity contribution in [2.24, 2.45) is 4.99 Å². The van der Waals surface area contributed by atoms with Gasteiger partial charge in [0.1, 0.15) is 0 Å². The molecule has 2 aliphatic rings. The molecule has 5 nitrogen and oxygen atoms in total. The Morgan fingerprint density at radius 1 is 1.09 bits per heavy atom. The Balaban J connectivity index is 1.67. The van der Waals surface area contributed by atoms with Gasteiger partial charge in [-0.25, -0.2) is 9.79 Å². The van der Waals surface area contributed by atoms with Crippen molar-refractivity contribution in [2.45, 2.75) is 0 Å². The number of hydrogen-bond donors (Lipinski definition) is 0. The van der Waals surface area contributed by atoms with Gasteiger partial charge in [0.05, 0.1) is 0 Å². The highest BCUT2D eigenvalue weighted by atomic mass is 79.9. The molecule has 114 valence electrons. The number of esters is 1. The molecule has 0 aromatic heterocycles. The molecule has 2 aromatic rings. The maximum atomic E-state index is 12.0. The van der Waals surface area contributed by atoms with E-state index in [9.17, 15) is 4.79 Å². The predicted molar refractivity (Wildman–Crippen MR) is 87.3 cm³/mol. The smallest absolute Gasteiger partial charge is 0.363 e. The number of ether oxygens (including phenoxy) is 3. The van der Waals surface area contributed by atoms with Crippen LogP contribution in [-0.2, 0) is 9.53 Å². The van der Waals surface area contributed by atoms with Gasteiger partial charge in [-0.2, -0.15) is 0 Å². The first-order valence-corrected chi connectivity index (χ1v) is 7.66. The monoisotopic (exact) mass is 371 g/mol. The van der Waals surface area contributed by atoms with Gasteiger partial charge < -0.3 is 14.2 Å². The summed E-state index contributed by atoms with van der Waals surface area (Å²) in [5.41, 5.74) is 1.79. The van der Waals surface area contributed by atoms with Crippen molar-refractivity contribution >= 4 is 33.9 Å². The number of aliphatic imine (C=N–C) groups is 1. The summed E-state index contributed by atoms with van der Waals surface area (Å²) in [6.07, 6.45) is 1.69. The molecule has 6 heteroatoms. The Kier molecular flexibility index (Phi) is 3.38. The number of rotatable bonds is 2. The van der Waals surface area contributed by atoms with Crippen LogP contribution < -0.4 is 9.47 Å². The van der Waals surface area contributed by atoms with E-state index in [1.54, 1.807) is 24.3 Å². The second kappa shape index (κ2) is 5.55. The zero-order chi connectivity index (χ0) is 15.8. The summed E-state index contributed by atoms with van der Waals surface area (Å²) in [6.45, 7) is 0.194. The Hall–Kier alpha value is -2.60. The molecule has 0 aliphatic carbocycles.